The first-order valence-corrected chi connectivity index (χ1v) is 7.94. The van der Waals surface area contributed by atoms with Gasteiger partial charge in [0.15, 0.2) is 0 Å². The average molecular weight is 343 g/mol. The van der Waals surface area contributed by atoms with Crippen molar-refractivity contribution >= 4 is 11.3 Å². The molecule has 2 N–H and O–H groups in total. The van der Waals surface area contributed by atoms with E-state index in [0.29, 0.717) is 11.3 Å². The molecule has 1 unspecified atom stereocenters. The van der Waals surface area contributed by atoms with Gasteiger partial charge in [-0.05, 0) is 35.4 Å². The number of alkyl halides is 2. The lowest BCUT2D eigenvalue weighted by Crippen LogP contribution is -2.34. The van der Waals surface area contributed by atoms with E-state index in [2.05, 4.69) is 10.1 Å². The highest BCUT2D eigenvalue weighted by Gasteiger charge is 2.23. The Morgan fingerprint density at radius 3 is 2.74 bits per heavy atom. The van der Waals surface area contributed by atoms with Gasteiger partial charge < -0.3 is 19.9 Å². The fraction of sp³-hybridized carbons (Fsp3) is 0.375. The van der Waals surface area contributed by atoms with Crippen LogP contribution in [0.1, 0.15) is 18.1 Å². The molecule has 0 bridgehead atoms. The van der Waals surface area contributed by atoms with Crippen molar-refractivity contribution in [3.05, 3.63) is 46.2 Å². The number of aliphatic hydroxyl groups is 1. The molecule has 0 radical (unpaired) electrons. The highest BCUT2D eigenvalue weighted by molar-refractivity contribution is 7.08. The number of halogens is 2. The van der Waals surface area contributed by atoms with Crippen LogP contribution < -0.4 is 14.8 Å². The first kappa shape index (κ1) is 17.7. The van der Waals surface area contributed by atoms with Crippen molar-refractivity contribution in [3.63, 3.8) is 0 Å². The fourth-order valence-electron chi connectivity index (χ4n) is 2.13. The maximum Gasteiger partial charge on any atom is 0.387 e. The molecule has 1 aromatic heterocycles. The summed E-state index contributed by atoms with van der Waals surface area (Å²) in [4.78, 5) is 0. The van der Waals surface area contributed by atoms with E-state index in [0.717, 1.165) is 5.56 Å². The highest BCUT2D eigenvalue weighted by atomic mass is 32.1. The third kappa shape index (κ3) is 4.89. The minimum Gasteiger partial charge on any atom is -0.497 e. The zero-order chi connectivity index (χ0) is 16.9. The predicted octanol–water partition coefficient (Wildman–Crippen LogP) is 3.36. The minimum atomic E-state index is -2.91. The molecule has 1 atom stereocenters. The van der Waals surface area contributed by atoms with Crippen LogP contribution in [0.3, 0.4) is 0 Å². The van der Waals surface area contributed by atoms with Gasteiger partial charge >= 0.3 is 6.61 Å². The fourth-order valence-corrected chi connectivity index (χ4v) is 2.91. The van der Waals surface area contributed by atoms with Gasteiger partial charge in [0.2, 0.25) is 0 Å². The normalized spacial score (nSPS) is 13.8. The molecular formula is C16H19F2NO3S. The Kier molecular flexibility index (Phi) is 5.92. The van der Waals surface area contributed by atoms with E-state index in [1.54, 1.807) is 19.1 Å². The molecule has 0 fully saturated rings. The average Bonchev–Trinajstić information content (AvgIpc) is 3.03. The summed E-state index contributed by atoms with van der Waals surface area (Å²) in [5.74, 6) is 0.497. The number of benzene rings is 1. The Bertz CT molecular complexity index is 618. The largest absolute Gasteiger partial charge is 0.497 e. The molecule has 0 aliphatic heterocycles. The van der Waals surface area contributed by atoms with Crippen molar-refractivity contribution in [2.75, 3.05) is 13.7 Å². The van der Waals surface area contributed by atoms with Crippen LogP contribution in [-0.4, -0.2) is 25.4 Å². The van der Waals surface area contributed by atoms with Crippen LogP contribution in [0, 0.1) is 0 Å². The smallest absolute Gasteiger partial charge is 0.387 e. The van der Waals surface area contributed by atoms with E-state index in [9.17, 15) is 13.9 Å². The van der Waals surface area contributed by atoms with E-state index in [4.69, 9.17) is 4.74 Å². The van der Waals surface area contributed by atoms with Crippen molar-refractivity contribution in [2.45, 2.75) is 25.7 Å². The van der Waals surface area contributed by atoms with Crippen LogP contribution in [0.5, 0.6) is 11.5 Å². The number of methoxy groups -OCH3 is 1. The van der Waals surface area contributed by atoms with Gasteiger partial charge in [0, 0.05) is 24.7 Å². The van der Waals surface area contributed by atoms with Crippen molar-refractivity contribution < 1.29 is 23.4 Å². The SMILES string of the molecule is COc1ccc(CNCC(C)(O)c2ccsc2)c(OC(F)F)c1. The molecule has 0 saturated carbocycles. The Morgan fingerprint density at radius 2 is 2.13 bits per heavy atom. The van der Waals surface area contributed by atoms with Gasteiger partial charge in [0.05, 0.1) is 12.7 Å². The van der Waals surface area contributed by atoms with Crippen LogP contribution in [0.25, 0.3) is 0 Å². The molecule has 4 nitrogen and oxygen atoms in total. The second kappa shape index (κ2) is 7.72. The minimum absolute atomic E-state index is 0.0574. The van der Waals surface area contributed by atoms with Crippen LogP contribution in [0.15, 0.2) is 35.0 Å². The summed E-state index contributed by atoms with van der Waals surface area (Å²) in [6.45, 7) is -0.641. The van der Waals surface area contributed by atoms with Crippen molar-refractivity contribution in [3.8, 4) is 11.5 Å². The Hall–Kier alpha value is -1.70. The summed E-state index contributed by atoms with van der Waals surface area (Å²) in [6, 6.07) is 6.60. The van der Waals surface area contributed by atoms with Crippen molar-refractivity contribution in [2.24, 2.45) is 0 Å². The quantitative estimate of drug-likeness (QED) is 0.772. The van der Waals surface area contributed by atoms with Crippen LogP contribution >= 0.6 is 11.3 Å². The molecular weight excluding hydrogens is 324 g/mol. The standard InChI is InChI=1S/C16H19F2NO3S/c1-16(20,12-5-6-23-9-12)10-19-8-11-3-4-13(21-2)7-14(11)22-15(17)18/h3-7,9,15,19-20H,8,10H2,1-2H3. The topological polar surface area (TPSA) is 50.7 Å². The summed E-state index contributed by atoms with van der Waals surface area (Å²) in [6.07, 6.45) is 0. The first-order chi connectivity index (χ1) is 10.9. The zero-order valence-electron chi connectivity index (χ0n) is 12.9. The number of rotatable bonds is 8. The number of thiophene rings is 1. The molecule has 0 spiro atoms. The Labute approximate surface area is 137 Å². The molecule has 2 aromatic rings. The van der Waals surface area contributed by atoms with Crippen molar-refractivity contribution in [1.29, 1.82) is 0 Å². The summed E-state index contributed by atoms with van der Waals surface area (Å²) in [7, 11) is 1.46. The van der Waals surface area contributed by atoms with Crippen LogP contribution in [0.2, 0.25) is 0 Å². The molecule has 1 heterocycles. The summed E-state index contributed by atoms with van der Waals surface area (Å²) >= 11 is 1.50. The molecule has 0 saturated heterocycles. The van der Waals surface area contributed by atoms with Crippen molar-refractivity contribution in [1.82, 2.24) is 5.32 Å². The van der Waals surface area contributed by atoms with Gasteiger partial charge in [-0.25, -0.2) is 0 Å². The summed E-state index contributed by atoms with van der Waals surface area (Å²) in [5, 5.41) is 17.3. The number of hydrogen-bond acceptors (Lipinski definition) is 5. The lowest BCUT2D eigenvalue weighted by atomic mass is 9.99. The van der Waals surface area contributed by atoms with E-state index in [1.165, 1.54) is 24.5 Å². The molecule has 0 aliphatic rings. The Morgan fingerprint density at radius 1 is 1.35 bits per heavy atom. The van der Waals surface area contributed by atoms with Gasteiger partial charge in [0.25, 0.3) is 0 Å². The second-order valence-corrected chi connectivity index (χ2v) is 6.02. The van der Waals surface area contributed by atoms with Gasteiger partial charge in [-0.15, -0.1) is 0 Å². The maximum atomic E-state index is 12.5. The lowest BCUT2D eigenvalue weighted by molar-refractivity contribution is -0.0506. The van der Waals surface area contributed by atoms with Gasteiger partial charge in [-0.2, -0.15) is 20.1 Å². The molecule has 23 heavy (non-hydrogen) atoms. The van der Waals surface area contributed by atoms with Crippen LogP contribution in [-0.2, 0) is 12.1 Å². The molecule has 0 aliphatic carbocycles. The lowest BCUT2D eigenvalue weighted by Gasteiger charge is -2.23. The van der Waals surface area contributed by atoms with Gasteiger partial charge in [-0.1, -0.05) is 6.07 Å². The number of nitrogens with one attached hydrogen (secondary N) is 1. The second-order valence-electron chi connectivity index (χ2n) is 5.24. The van der Waals surface area contributed by atoms with E-state index in [-0.39, 0.29) is 18.8 Å². The molecule has 0 amide bonds. The monoisotopic (exact) mass is 343 g/mol. The predicted molar refractivity (Wildman–Crippen MR) is 85.2 cm³/mol. The third-order valence-corrected chi connectivity index (χ3v) is 4.10. The van der Waals surface area contributed by atoms with E-state index < -0.39 is 12.2 Å². The van der Waals surface area contributed by atoms with Gasteiger partial charge in [-0.3, -0.25) is 0 Å². The first-order valence-electron chi connectivity index (χ1n) is 7.00. The molecule has 1 aromatic carbocycles. The van der Waals surface area contributed by atoms with Crippen LogP contribution in [0.4, 0.5) is 8.78 Å². The third-order valence-electron chi connectivity index (χ3n) is 3.42. The maximum absolute atomic E-state index is 12.5. The zero-order valence-corrected chi connectivity index (χ0v) is 13.7. The Balaban J connectivity index is 2.02. The van der Waals surface area contributed by atoms with Gasteiger partial charge in [0.1, 0.15) is 11.5 Å². The molecule has 7 heteroatoms. The highest BCUT2D eigenvalue weighted by Crippen LogP contribution is 2.27. The molecule has 126 valence electrons. The summed E-state index contributed by atoms with van der Waals surface area (Å²) in [5.41, 5.74) is 0.344. The summed E-state index contributed by atoms with van der Waals surface area (Å²) < 4.78 is 34.6. The molecule has 2 rings (SSSR count). The number of hydrogen-bond donors (Lipinski definition) is 2. The number of ether oxygens (including phenoxy) is 2. The van der Waals surface area contributed by atoms with E-state index in [1.807, 2.05) is 16.8 Å². The van der Waals surface area contributed by atoms with E-state index >= 15 is 0 Å².